The molecule has 3 rings (SSSR count). The fourth-order valence-corrected chi connectivity index (χ4v) is 3.26. The van der Waals surface area contributed by atoms with E-state index in [-0.39, 0.29) is 36.2 Å². The van der Waals surface area contributed by atoms with Gasteiger partial charge < -0.3 is 16.4 Å². The molecule has 2 aromatic rings. The number of benzene rings is 1. The number of amides is 2. The molecule has 3 unspecified atom stereocenters. The van der Waals surface area contributed by atoms with Gasteiger partial charge in [0, 0.05) is 35.7 Å². The van der Waals surface area contributed by atoms with Crippen molar-refractivity contribution >= 4 is 35.6 Å². The number of nitrogens with zero attached hydrogens (tertiary/aromatic N) is 2. The fourth-order valence-electron chi connectivity index (χ4n) is 3.26. The van der Waals surface area contributed by atoms with E-state index in [0.29, 0.717) is 11.4 Å². The molecule has 146 valence electrons. The number of carbonyl (C=O) groups is 2. The molecule has 1 aromatic carbocycles. The van der Waals surface area contributed by atoms with Gasteiger partial charge in [0.1, 0.15) is 6.04 Å². The van der Waals surface area contributed by atoms with Crippen molar-refractivity contribution in [2.75, 3.05) is 10.6 Å². The van der Waals surface area contributed by atoms with Crippen LogP contribution in [-0.2, 0) is 9.59 Å². The molecule has 1 aliphatic rings. The van der Waals surface area contributed by atoms with Crippen molar-refractivity contribution in [3.8, 4) is 0 Å². The average molecular weight is 392 g/mol. The minimum atomic E-state index is -0.424. The number of anilines is 2. The van der Waals surface area contributed by atoms with Crippen molar-refractivity contribution in [2.24, 2.45) is 11.7 Å². The summed E-state index contributed by atoms with van der Waals surface area (Å²) in [5.41, 5.74) is 7.27. The Hall–Kier alpha value is -2.38. The predicted octanol–water partition coefficient (Wildman–Crippen LogP) is 2.96. The van der Waals surface area contributed by atoms with Crippen molar-refractivity contribution in [2.45, 2.75) is 44.7 Å². The fraction of sp³-hybridized carbons (Fsp3) is 0.421. The zero-order valence-corrected chi connectivity index (χ0v) is 16.1. The van der Waals surface area contributed by atoms with Crippen LogP contribution in [0.3, 0.4) is 0 Å². The summed E-state index contributed by atoms with van der Waals surface area (Å²) in [4.78, 5) is 24.8. The molecular formula is C19H26ClN5O2. The third-order valence-electron chi connectivity index (χ3n) is 4.78. The number of hydrogen-bond acceptors (Lipinski definition) is 4. The lowest BCUT2D eigenvalue weighted by atomic mass is 9.85. The van der Waals surface area contributed by atoms with Crippen molar-refractivity contribution < 1.29 is 9.59 Å². The quantitative estimate of drug-likeness (QED) is 0.729. The molecule has 1 aromatic heterocycles. The second kappa shape index (κ2) is 9.53. The zero-order chi connectivity index (χ0) is 18.5. The van der Waals surface area contributed by atoms with E-state index in [1.807, 2.05) is 6.07 Å². The van der Waals surface area contributed by atoms with Crippen molar-refractivity contribution in [1.29, 1.82) is 0 Å². The van der Waals surface area contributed by atoms with E-state index in [9.17, 15) is 9.59 Å². The lowest BCUT2D eigenvalue weighted by Gasteiger charge is -2.25. The van der Waals surface area contributed by atoms with Gasteiger partial charge in [0.15, 0.2) is 0 Å². The number of carbonyl (C=O) groups excluding carboxylic acids is 2. The van der Waals surface area contributed by atoms with Crippen molar-refractivity contribution in [1.82, 2.24) is 9.78 Å². The van der Waals surface area contributed by atoms with Crippen LogP contribution in [0.5, 0.6) is 0 Å². The van der Waals surface area contributed by atoms with E-state index in [0.717, 1.165) is 25.7 Å². The van der Waals surface area contributed by atoms with Crippen LogP contribution in [0.15, 0.2) is 42.7 Å². The minimum Gasteiger partial charge on any atom is -0.328 e. The Morgan fingerprint density at radius 2 is 1.96 bits per heavy atom. The van der Waals surface area contributed by atoms with Crippen LogP contribution in [0.1, 0.15) is 38.6 Å². The first kappa shape index (κ1) is 20.9. The summed E-state index contributed by atoms with van der Waals surface area (Å²) in [6.45, 7) is 1.78. The van der Waals surface area contributed by atoms with Crippen LogP contribution < -0.4 is 16.4 Å². The first-order chi connectivity index (χ1) is 12.5. The van der Waals surface area contributed by atoms with Crippen molar-refractivity contribution in [3.05, 3.63) is 42.7 Å². The highest BCUT2D eigenvalue weighted by atomic mass is 35.5. The first-order valence-electron chi connectivity index (χ1n) is 8.99. The van der Waals surface area contributed by atoms with Crippen LogP contribution >= 0.6 is 12.4 Å². The van der Waals surface area contributed by atoms with Crippen molar-refractivity contribution in [3.63, 3.8) is 0 Å². The van der Waals surface area contributed by atoms with Crippen LogP contribution in [0.2, 0.25) is 0 Å². The van der Waals surface area contributed by atoms with Gasteiger partial charge in [-0.05, 0) is 50.5 Å². The second-order valence-corrected chi connectivity index (χ2v) is 6.84. The maximum absolute atomic E-state index is 12.4. The van der Waals surface area contributed by atoms with E-state index in [4.69, 9.17) is 5.73 Å². The Balaban J connectivity index is 0.00000261. The summed E-state index contributed by atoms with van der Waals surface area (Å²) in [5.74, 6) is -0.221. The van der Waals surface area contributed by atoms with Crippen LogP contribution in [0, 0.1) is 5.92 Å². The highest BCUT2D eigenvalue weighted by molar-refractivity contribution is 5.96. The van der Waals surface area contributed by atoms with Gasteiger partial charge in [-0.2, -0.15) is 5.10 Å². The lowest BCUT2D eigenvalue weighted by Crippen LogP contribution is -2.34. The number of halogens is 1. The average Bonchev–Trinajstić information content (AvgIpc) is 3.16. The smallest absolute Gasteiger partial charge is 0.248 e. The molecule has 1 aliphatic carbocycles. The summed E-state index contributed by atoms with van der Waals surface area (Å²) < 4.78 is 1.59. The molecule has 1 fully saturated rings. The Labute approximate surface area is 165 Å². The molecule has 4 N–H and O–H groups in total. The summed E-state index contributed by atoms with van der Waals surface area (Å²) in [6, 6.07) is 8.62. The molecule has 0 saturated heterocycles. The summed E-state index contributed by atoms with van der Waals surface area (Å²) in [5, 5.41) is 9.88. The molecule has 0 radical (unpaired) electrons. The molecule has 0 bridgehead atoms. The van der Waals surface area contributed by atoms with Crippen LogP contribution in [-0.4, -0.2) is 27.6 Å². The SMILES string of the molecule is CC(C(=O)Nc1cccc(NC(=O)C2CCCC(N)C2)c1)n1cccn1.Cl. The molecule has 0 aliphatic heterocycles. The third kappa shape index (κ3) is 5.55. The number of rotatable bonds is 5. The van der Waals surface area contributed by atoms with E-state index < -0.39 is 6.04 Å². The van der Waals surface area contributed by atoms with Crippen LogP contribution in [0.25, 0.3) is 0 Å². The highest BCUT2D eigenvalue weighted by Gasteiger charge is 2.25. The number of nitrogens with one attached hydrogen (secondary N) is 2. The molecule has 27 heavy (non-hydrogen) atoms. The Bertz CT molecular complexity index is 765. The predicted molar refractivity (Wildman–Crippen MR) is 108 cm³/mol. The van der Waals surface area contributed by atoms with Gasteiger partial charge in [0.25, 0.3) is 0 Å². The molecule has 7 nitrogen and oxygen atoms in total. The monoisotopic (exact) mass is 391 g/mol. The second-order valence-electron chi connectivity index (χ2n) is 6.84. The number of nitrogens with two attached hydrogens (primary N) is 1. The van der Waals surface area contributed by atoms with Gasteiger partial charge in [-0.15, -0.1) is 12.4 Å². The van der Waals surface area contributed by atoms with Gasteiger partial charge in [-0.25, -0.2) is 0 Å². The Kier molecular flexibility index (Phi) is 7.38. The largest absolute Gasteiger partial charge is 0.328 e. The molecule has 1 heterocycles. The molecule has 2 amide bonds. The number of aromatic nitrogens is 2. The zero-order valence-electron chi connectivity index (χ0n) is 15.3. The third-order valence-corrected chi connectivity index (χ3v) is 4.78. The van der Waals surface area contributed by atoms with E-state index in [2.05, 4.69) is 15.7 Å². The molecule has 1 saturated carbocycles. The molecule has 3 atom stereocenters. The molecule has 8 heteroatoms. The maximum atomic E-state index is 12.4. The normalized spacial score (nSPS) is 20.2. The van der Waals surface area contributed by atoms with Gasteiger partial charge in [-0.1, -0.05) is 12.5 Å². The topological polar surface area (TPSA) is 102 Å². The summed E-state index contributed by atoms with van der Waals surface area (Å²) >= 11 is 0. The molecule has 0 spiro atoms. The maximum Gasteiger partial charge on any atom is 0.248 e. The Morgan fingerprint density at radius 1 is 1.22 bits per heavy atom. The number of hydrogen-bond donors (Lipinski definition) is 3. The van der Waals surface area contributed by atoms with Gasteiger partial charge in [-0.3, -0.25) is 14.3 Å². The standard InChI is InChI=1S/C19H25N5O2.ClH/c1-13(24-10-4-9-21-24)18(25)22-16-7-3-8-17(12-16)23-19(26)14-5-2-6-15(20)11-14;/h3-4,7-10,12-15H,2,5-6,11,20H2,1H3,(H,22,25)(H,23,26);1H. The minimum absolute atomic E-state index is 0. The van der Waals surface area contributed by atoms with E-state index in [1.165, 1.54) is 0 Å². The highest BCUT2D eigenvalue weighted by Crippen LogP contribution is 2.25. The molecular weight excluding hydrogens is 366 g/mol. The van der Waals surface area contributed by atoms with E-state index >= 15 is 0 Å². The summed E-state index contributed by atoms with van der Waals surface area (Å²) in [6.07, 6.45) is 6.95. The Morgan fingerprint density at radius 3 is 2.63 bits per heavy atom. The van der Waals surface area contributed by atoms with Gasteiger partial charge >= 0.3 is 0 Å². The van der Waals surface area contributed by atoms with E-state index in [1.54, 1.807) is 48.3 Å². The summed E-state index contributed by atoms with van der Waals surface area (Å²) in [7, 11) is 0. The first-order valence-corrected chi connectivity index (χ1v) is 8.99. The van der Waals surface area contributed by atoms with Gasteiger partial charge in [0.2, 0.25) is 11.8 Å². The van der Waals surface area contributed by atoms with Crippen LogP contribution in [0.4, 0.5) is 11.4 Å². The van der Waals surface area contributed by atoms with Gasteiger partial charge in [0.05, 0.1) is 0 Å². The lowest BCUT2D eigenvalue weighted by molar-refractivity contribution is -0.121.